The molecule has 9 nitrogen and oxygen atoms in total. The Morgan fingerprint density at radius 1 is 1.42 bits per heavy atom. The monoisotopic (exact) mass is 386 g/mol. The maximum atomic E-state index is 12.6. The molecule has 0 aromatic heterocycles. The van der Waals surface area contributed by atoms with Crippen LogP contribution in [0.5, 0.6) is 0 Å². The van der Waals surface area contributed by atoms with Crippen molar-refractivity contribution in [1.29, 1.82) is 0 Å². The molecule has 146 valence electrons. The highest BCUT2D eigenvalue weighted by molar-refractivity contribution is 7.99. The summed E-state index contributed by atoms with van der Waals surface area (Å²) in [6, 6.07) is -1.70. The quantitative estimate of drug-likeness (QED) is 0.599. The number of hydrogen-bond donors (Lipinski definition) is 3. The van der Waals surface area contributed by atoms with Crippen LogP contribution in [0.25, 0.3) is 0 Å². The van der Waals surface area contributed by atoms with Crippen LogP contribution >= 0.6 is 11.8 Å². The Morgan fingerprint density at radius 2 is 2.12 bits per heavy atom. The molecule has 0 aliphatic carbocycles. The predicted octanol–water partition coefficient (Wildman–Crippen LogP) is -0.207. The minimum absolute atomic E-state index is 0.141. The predicted molar refractivity (Wildman–Crippen MR) is 96.0 cm³/mol. The molecular weight excluding hydrogens is 360 g/mol. The molecule has 4 amide bonds. The Balaban J connectivity index is 1.99. The van der Waals surface area contributed by atoms with Crippen molar-refractivity contribution in [2.75, 3.05) is 18.2 Å². The lowest BCUT2D eigenvalue weighted by Crippen LogP contribution is -2.54. The Labute approximate surface area is 156 Å². The van der Waals surface area contributed by atoms with E-state index in [1.54, 1.807) is 20.8 Å². The molecule has 2 aliphatic heterocycles. The van der Waals surface area contributed by atoms with Crippen LogP contribution in [0.4, 0.5) is 4.79 Å². The van der Waals surface area contributed by atoms with Gasteiger partial charge in [0.1, 0.15) is 17.7 Å². The highest BCUT2D eigenvalue weighted by atomic mass is 32.2. The molecule has 2 saturated heterocycles. The molecule has 10 heteroatoms. The zero-order valence-corrected chi connectivity index (χ0v) is 16.1. The number of nitrogens with two attached hydrogens (primary N) is 1. The Bertz CT molecular complexity index is 592. The average molecular weight is 386 g/mol. The maximum Gasteiger partial charge on any atom is 0.411 e. The lowest BCUT2D eigenvalue weighted by atomic mass is 9.97. The van der Waals surface area contributed by atoms with Crippen molar-refractivity contribution in [3.63, 3.8) is 0 Å². The van der Waals surface area contributed by atoms with Crippen molar-refractivity contribution in [2.45, 2.75) is 51.3 Å². The van der Waals surface area contributed by atoms with E-state index in [9.17, 15) is 19.2 Å². The van der Waals surface area contributed by atoms with E-state index in [4.69, 9.17) is 10.5 Å². The number of nitrogens with one attached hydrogen (secondary N) is 2. The van der Waals surface area contributed by atoms with E-state index in [0.29, 0.717) is 24.6 Å². The number of hydrogen-bond acceptors (Lipinski definition) is 6. The van der Waals surface area contributed by atoms with Gasteiger partial charge in [0.2, 0.25) is 17.7 Å². The van der Waals surface area contributed by atoms with Crippen molar-refractivity contribution >= 4 is 35.6 Å². The molecule has 0 radical (unpaired) electrons. The van der Waals surface area contributed by atoms with Crippen molar-refractivity contribution < 1.29 is 23.9 Å². The van der Waals surface area contributed by atoms with Gasteiger partial charge in [0.05, 0.1) is 5.88 Å². The zero-order chi connectivity index (χ0) is 19.5. The van der Waals surface area contributed by atoms with E-state index in [1.165, 1.54) is 16.7 Å². The van der Waals surface area contributed by atoms with Crippen LogP contribution in [0.1, 0.15) is 33.6 Å². The van der Waals surface area contributed by atoms with Gasteiger partial charge in [-0.3, -0.25) is 19.3 Å². The van der Waals surface area contributed by atoms with Gasteiger partial charge in [-0.15, -0.1) is 11.8 Å². The number of thioether (sulfide) groups is 1. The van der Waals surface area contributed by atoms with Crippen LogP contribution in [0, 0.1) is 5.92 Å². The average Bonchev–Trinajstić information content (AvgIpc) is 3.14. The fraction of sp³-hybridized carbons (Fsp3) is 0.750. The molecule has 2 fully saturated rings. The third-order valence-electron chi connectivity index (χ3n) is 4.16. The van der Waals surface area contributed by atoms with Crippen LogP contribution in [0.2, 0.25) is 0 Å². The van der Waals surface area contributed by atoms with E-state index in [2.05, 4.69) is 10.6 Å². The van der Waals surface area contributed by atoms with E-state index < -0.39 is 35.6 Å². The minimum Gasteiger partial charge on any atom is -0.444 e. The van der Waals surface area contributed by atoms with Crippen molar-refractivity contribution in [1.82, 2.24) is 15.5 Å². The number of nitrogens with zero attached hydrogens (tertiary/aromatic N) is 1. The van der Waals surface area contributed by atoms with Crippen molar-refractivity contribution in [3.8, 4) is 0 Å². The number of primary amides is 1. The van der Waals surface area contributed by atoms with Crippen LogP contribution in [0.15, 0.2) is 0 Å². The van der Waals surface area contributed by atoms with Crippen LogP contribution in [-0.2, 0) is 19.1 Å². The summed E-state index contributed by atoms with van der Waals surface area (Å²) >= 11 is 1.43. The second kappa shape index (κ2) is 8.15. The highest BCUT2D eigenvalue weighted by Crippen LogP contribution is 2.24. The van der Waals surface area contributed by atoms with Gasteiger partial charge < -0.3 is 21.1 Å². The van der Waals surface area contributed by atoms with E-state index in [1.807, 2.05) is 0 Å². The molecular formula is C16H26N4O5S. The van der Waals surface area contributed by atoms with Gasteiger partial charge in [0, 0.05) is 18.2 Å². The lowest BCUT2D eigenvalue weighted by Gasteiger charge is -2.28. The van der Waals surface area contributed by atoms with E-state index >= 15 is 0 Å². The molecule has 0 aromatic rings. The first-order valence-electron chi connectivity index (χ1n) is 8.53. The normalized spacial score (nSPS) is 24.1. The van der Waals surface area contributed by atoms with Gasteiger partial charge >= 0.3 is 6.09 Å². The first-order valence-corrected chi connectivity index (χ1v) is 9.68. The molecule has 4 N–H and O–H groups in total. The van der Waals surface area contributed by atoms with E-state index in [-0.39, 0.29) is 18.2 Å². The highest BCUT2D eigenvalue weighted by Gasteiger charge is 2.39. The van der Waals surface area contributed by atoms with Gasteiger partial charge in [-0.25, -0.2) is 4.79 Å². The summed E-state index contributed by atoms with van der Waals surface area (Å²) in [6.45, 7) is 5.80. The summed E-state index contributed by atoms with van der Waals surface area (Å²) in [5, 5.41) is 5.29. The molecule has 0 bridgehead atoms. The van der Waals surface area contributed by atoms with Gasteiger partial charge in [-0.05, 0) is 33.6 Å². The number of rotatable bonds is 5. The van der Waals surface area contributed by atoms with Crippen molar-refractivity contribution in [2.24, 2.45) is 11.7 Å². The first-order chi connectivity index (χ1) is 12.1. The van der Waals surface area contributed by atoms with Crippen LogP contribution in [0.3, 0.4) is 0 Å². The summed E-state index contributed by atoms with van der Waals surface area (Å²) in [4.78, 5) is 49.6. The van der Waals surface area contributed by atoms with Crippen LogP contribution in [-0.4, -0.2) is 64.6 Å². The first kappa shape index (κ1) is 20.3. The number of amides is 4. The Hall–Kier alpha value is -1.97. The smallest absolute Gasteiger partial charge is 0.411 e. The minimum atomic E-state index is -0.956. The van der Waals surface area contributed by atoms with E-state index in [0.717, 1.165) is 0 Å². The zero-order valence-electron chi connectivity index (χ0n) is 15.2. The fourth-order valence-corrected chi connectivity index (χ4v) is 3.97. The molecule has 0 spiro atoms. The molecule has 0 saturated carbocycles. The second-order valence-corrected chi connectivity index (χ2v) is 8.44. The van der Waals surface area contributed by atoms with Gasteiger partial charge in [0.25, 0.3) is 0 Å². The summed E-state index contributed by atoms with van der Waals surface area (Å²) < 4.78 is 5.33. The number of carbonyl (C=O) groups excluding carboxylic acids is 4. The molecule has 2 heterocycles. The third-order valence-corrected chi connectivity index (χ3v) is 5.17. The largest absolute Gasteiger partial charge is 0.444 e. The Morgan fingerprint density at radius 3 is 2.65 bits per heavy atom. The third kappa shape index (κ3) is 5.26. The standard InChI is InChI=1S/C16H26N4O5S/c1-16(2,3)25-15(24)20-8-26-7-11(20)14(23)19-10(12(17)21)6-9-4-5-18-13(9)22/h9-11H,4-8H2,1-3H3,(H2,17,21)(H,18,22)(H,19,23)/t9-,10-,11-/m0/s1. The lowest BCUT2D eigenvalue weighted by molar-refractivity contribution is -0.131. The molecule has 0 aromatic carbocycles. The summed E-state index contributed by atoms with van der Waals surface area (Å²) in [5.74, 6) is -0.930. The van der Waals surface area contributed by atoms with Crippen LogP contribution < -0.4 is 16.4 Å². The molecule has 0 unspecified atom stereocenters. The molecule has 2 aliphatic rings. The summed E-state index contributed by atoms with van der Waals surface area (Å²) in [5.41, 5.74) is 4.72. The SMILES string of the molecule is CC(C)(C)OC(=O)N1CSC[C@H]1C(=O)N[C@@H](C[C@@H]1CCNC1=O)C(N)=O. The summed E-state index contributed by atoms with van der Waals surface area (Å²) in [7, 11) is 0. The Kier molecular flexibility index (Phi) is 6.38. The second-order valence-electron chi connectivity index (χ2n) is 7.44. The summed E-state index contributed by atoms with van der Waals surface area (Å²) in [6.07, 6.45) is 0.175. The number of carbonyl (C=O) groups is 4. The maximum absolute atomic E-state index is 12.6. The van der Waals surface area contributed by atoms with Gasteiger partial charge in [-0.1, -0.05) is 0 Å². The van der Waals surface area contributed by atoms with Gasteiger partial charge in [-0.2, -0.15) is 0 Å². The molecule has 26 heavy (non-hydrogen) atoms. The molecule has 2 rings (SSSR count). The topological polar surface area (TPSA) is 131 Å². The fourth-order valence-electron chi connectivity index (χ4n) is 2.83. The molecule has 3 atom stereocenters. The number of ether oxygens (including phenoxy) is 1. The van der Waals surface area contributed by atoms with Crippen molar-refractivity contribution in [3.05, 3.63) is 0 Å². The van der Waals surface area contributed by atoms with Gasteiger partial charge in [0.15, 0.2) is 0 Å².